The van der Waals surface area contributed by atoms with E-state index in [-0.39, 0.29) is 5.91 Å². The van der Waals surface area contributed by atoms with Gasteiger partial charge in [-0.3, -0.25) is 4.79 Å². The minimum Gasteiger partial charge on any atom is -0.476 e. The van der Waals surface area contributed by atoms with E-state index in [9.17, 15) is 4.79 Å². The minimum absolute atomic E-state index is 0.142. The average molecular weight is 414 g/mol. The molecule has 0 amide bonds. The van der Waals surface area contributed by atoms with Gasteiger partial charge in [-0.15, -0.1) is 5.10 Å². The van der Waals surface area contributed by atoms with Gasteiger partial charge in [-0.05, 0) is 61.3 Å². The van der Waals surface area contributed by atoms with E-state index in [2.05, 4.69) is 10.00 Å². The number of rotatable bonds is 6. The molecule has 0 saturated carbocycles. The molecular formula is C26H27N3O2. The number of hydrogen-bond donors (Lipinski definition) is 0. The molecule has 5 heteroatoms. The highest BCUT2D eigenvalue weighted by Gasteiger charge is 2.19. The molecule has 1 fully saturated rings. The highest BCUT2D eigenvalue weighted by molar-refractivity contribution is 6.10. The molecule has 0 unspecified atom stereocenters. The van der Waals surface area contributed by atoms with Crippen molar-refractivity contribution in [3.8, 4) is 5.88 Å². The van der Waals surface area contributed by atoms with E-state index < -0.39 is 0 Å². The number of aromatic nitrogens is 2. The summed E-state index contributed by atoms with van der Waals surface area (Å²) in [5.74, 6) is 0.388. The predicted molar refractivity (Wildman–Crippen MR) is 124 cm³/mol. The van der Waals surface area contributed by atoms with Gasteiger partial charge in [0.25, 0.3) is 5.91 Å². The number of nitrogens with zero attached hydrogens (tertiary/aromatic N) is 3. The first-order chi connectivity index (χ1) is 15.3. The second kappa shape index (κ2) is 8.90. The van der Waals surface area contributed by atoms with Crippen LogP contribution in [-0.4, -0.2) is 46.8 Å². The van der Waals surface area contributed by atoms with Gasteiger partial charge in [-0.1, -0.05) is 55.0 Å². The Balaban J connectivity index is 1.39. The van der Waals surface area contributed by atoms with Crippen molar-refractivity contribution in [2.45, 2.75) is 25.7 Å². The standard InChI is InChI=1S/C26H27N3O2/c30-26(22-14-8-11-20-10-2-3-12-21(20)22)29-24-15-5-4-13-23(24)25(27-29)31-19-9-18-28-16-6-1-7-17-28/h2-5,8,10-15H,1,6-7,9,16-19H2. The summed E-state index contributed by atoms with van der Waals surface area (Å²) in [5.41, 5.74) is 1.41. The summed E-state index contributed by atoms with van der Waals surface area (Å²) < 4.78 is 7.54. The van der Waals surface area contributed by atoms with Gasteiger partial charge in [0.2, 0.25) is 5.88 Å². The number of carbonyl (C=O) groups excluding carboxylic acids is 1. The molecular weight excluding hydrogens is 386 g/mol. The Hall–Kier alpha value is -3.18. The van der Waals surface area contributed by atoms with Crippen molar-refractivity contribution in [1.29, 1.82) is 0 Å². The molecule has 0 bridgehead atoms. The molecule has 1 aliphatic heterocycles. The first kappa shape index (κ1) is 19.8. The number of carbonyl (C=O) groups is 1. The monoisotopic (exact) mass is 413 g/mol. The highest BCUT2D eigenvalue weighted by Crippen LogP contribution is 2.27. The summed E-state index contributed by atoms with van der Waals surface area (Å²) in [4.78, 5) is 16.0. The molecule has 31 heavy (non-hydrogen) atoms. The van der Waals surface area contributed by atoms with Crippen LogP contribution >= 0.6 is 0 Å². The van der Waals surface area contributed by atoms with E-state index in [0.29, 0.717) is 18.1 Å². The second-order valence-corrected chi connectivity index (χ2v) is 8.17. The van der Waals surface area contributed by atoms with E-state index in [1.165, 1.54) is 37.0 Å². The summed E-state index contributed by atoms with van der Waals surface area (Å²) >= 11 is 0. The van der Waals surface area contributed by atoms with E-state index in [0.717, 1.165) is 34.6 Å². The van der Waals surface area contributed by atoms with E-state index in [4.69, 9.17) is 4.74 Å². The molecule has 0 N–H and O–H groups in total. The quantitative estimate of drug-likeness (QED) is 0.411. The maximum absolute atomic E-state index is 13.5. The SMILES string of the molecule is O=C(c1cccc2ccccc12)n1nc(OCCCN2CCCCC2)c2ccccc21. The summed E-state index contributed by atoms with van der Waals surface area (Å²) in [6, 6.07) is 21.5. The van der Waals surface area contributed by atoms with Crippen molar-refractivity contribution in [3.05, 3.63) is 72.3 Å². The zero-order valence-electron chi connectivity index (χ0n) is 17.7. The van der Waals surface area contributed by atoms with Crippen LogP contribution in [0.5, 0.6) is 5.88 Å². The van der Waals surface area contributed by atoms with Gasteiger partial charge in [-0.2, -0.15) is 4.68 Å². The van der Waals surface area contributed by atoms with E-state index in [1.54, 1.807) is 0 Å². The molecule has 5 rings (SSSR count). The molecule has 3 aromatic carbocycles. The number of likely N-dealkylation sites (tertiary alicyclic amines) is 1. The van der Waals surface area contributed by atoms with Crippen molar-refractivity contribution in [2.75, 3.05) is 26.2 Å². The largest absolute Gasteiger partial charge is 0.476 e. The molecule has 1 saturated heterocycles. The van der Waals surface area contributed by atoms with Crippen molar-refractivity contribution in [2.24, 2.45) is 0 Å². The van der Waals surface area contributed by atoms with E-state index in [1.807, 2.05) is 66.7 Å². The third-order valence-electron chi connectivity index (χ3n) is 6.07. The Kier molecular flexibility index (Phi) is 5.67. The fourth-order valence-corrected chi connectivity index (χ4v) is 4.47. The lowest BCUT2D eigenvalue weighted by Gasteiger charge is -2.26. The maximum atomic E-state index is 13.5. The van der Waals surface area contributed by atoms with Gasteiger partial charge in [0.05, 0.1) is 17.5 Å². The van der Waals surface area contributed by atoms with Crippen LogP contribution < -0.4 is 4.74 Å². The third-order valence-corrected chi connectivity index (χ3v) is 6.07. The topological polar surface area (TPSA) is 47.4 Å². The van der Waals surface area contributed by atoms with Gasteiger partial charge in [0.15, 0.2) is 0 Å². The van der Waals surface area contributed by atoms with Gasteiger partial charge in [0.1, 0.15) is 0 Å². The third kappa shape index (κ3) is 4.06. The molecule has 158 valence electrons. The number of ether oxygens (including phenoxy) is 1. The van der Waals surface area contributed by atoms with Crippen LogP contribution in [0.15, 0.2) is 66.7 Å². The zero-order chi connectivity index (χ0) is 21.0. The minimum atomic E-state index is -0.142. The lowest BCUT2D eigenvalue weighted by molar-refractivity contribution is 0.0949. The smallest absolute Gasteiger partial charge is 0.279 e. The Morgan fingerprint density at radius 2 is 1.61 bits per heavy atom. The predicted octanol–water partition coefficient (Wildman–Crippen LogP) is 5.13. The second-order valence-electron chi connectivity index (χ2n) is 8.17. The lowest BCUT2D eigenvalue weighted by atomic mass is 10.0. The van der Waals surface area contributed by atoms with Crippen LogP contribution in [0.1, 0.15) is 36.0 Å². The Bertz CT molecular complexity index is 1200. The molecule has 0 atom stereocenters. The molecule has 1 aromatic heterocycles. The van der Waals surface area contributed by atoms with Crippen molar-refractivity contribution in [3.63, 3.8) is 0 Å². The zero-order valence-corrected chi connectivity index (χ0v) is 17.7. The Labute approximate surface area is 182 Å². The number of para-hydroxylation sites is 1. The molecule has 0 spiro atoms. The van der Waals surface area contributed by atoms with Gasteiger partial charge >= 0.3 is 0 Å². The van der Waals surface area contributed by atoms with Crippen LogP contribution in [0.25, 0.3) is 21.7 Å². The average Bonchev–Trinajstić information content (AvgIpc) is 3.20. The molecule has 4 aromatic rings. The van der Waals surface area contributed by atoms with Crippen LogP contribution in [0.4, 0.5) is 0 Å². The normalized spacial score (nSPS) is 14.8. The van der Waals surface area contributed by atoms with Gasteiger partial charge in [-0.25, -0.2) is 0 Å². The first-order valence-corrected chi connectivity index (χ1v) is 11.2. The lowest BCUT2D eigenvalue weighted by Crippen LogP contribution is -2.31. The summed E-state index contributed by atoms with van der Waals surface area (Å²) in [6.45, 7) is 4.03. The highest BCUT2D eigenvalue weighted by atomic mass is 16.5. The fraction of sp³-hybridized carbons (Fsp3) is 0.308. The number of benzene rings is 3. The van der Waals surface area contributed by atoms with Crippen molar-refractivity contribution in [1.82, 2.24) is 14.7 Å². The van der Waals surface area contributed by atoms with Gasteiger partial charge in [0, 0.05) is 12.1 Å². The molecule has 2 heterocycles. The summed E-state index contributed by atoms with van der Waals surface area (Å²) in [6.07, 6.45) is 4.90. The first-order valence-electron chi connectivity index (χ1n) is 11.2. The fourth-order valence-electron chi connectivity index (χ4n) is 4.47. The van der Waals surface area contributed by atoms with Crippen LogP contribution in [0, 0.1) is 0 Å². The van der Waals surface area contributed by atoms with Crippen LogP contribution in [-0.2, 0) is 0 Å². The van der Waals surface area contributed by atoms with E-state index >= 15 is 0 Å². The molecule has 0 aliphatic carbocycles. The summed E-state index contributed by atoms with van der Waals surface area (Å²) in [5, 5.41) is 7.43. The van der Waals surface area contributed by atoms with Gasteiger partial charge < -0.3 is 9.64 Å². The van der Waals surface area contributed by atoms with Crippen LogP contribution in [0.3, 0.4) is 0 Å². The molecule has 5 nitrogen and oxygen atoms in total. The van der Waals surface area contributed by atoms with Crippen molar-refractivity contribution < 1.29 is 9.53 Å². The number of fused-ring (bicyclic) bond motifs is 2. The molecule has 0 radical (unpaired) electrons. The Morgan fingerprint density at radius 3 is 2.48 bits per heavy atom. The number of hydrogen-bond acceptors (Lipinski definition) is 4. The molecule has 1 aliphatic rings. The summed E-state index contributed by atoms with van der Waals surface area (Å²) in [7, 11) is 0. The van der Waals surface area contributed by atoms with Crippen molar-refractivity contribution >= 4 is 27.6 Å². The Morgan fingerprint density at radius 1 is 0.871 bits per heavy atom. The van der Waals surface area contributed by atoms with Crippen LogP contribution in [0.2, 0.25) is 0 Å². The maximum Gasteiger partial charge on any atom is 0.279 e. The number of piperidine rings is 1.